The maximum absolute atomic E-state index is 11.4. The predicted molar refractivity (Wildman–Crippen MR) is 72.0 cm³/mol. The molecular weight excluding hydrogens is 242 g/mol. The van der Waals surface area contributed by atoms with E-state index in [9.17, 15) is 4.79 Å². The Balaban J connectivity index is 2.04. The molecule has 1 amide bonds. The molecule has 1 aromatic carbocycles. The van der Waals surface area contributed by atoms with Gasteiger partial charge in [0.2, 0.25) is 5.91 Å². The molecule has 0 aliphatic carbocycles. The minimum absolute atomic E-state index is 0.0421. The van der Waals surface area contributed by atoms with E-state index in [-0.39, 0.29) is 18.6 Å². The molecule has 0 aliphatic rings. The number of carbonyl (C=O) groups excluding carboxylic acids is 1. The molecule has 1 aromatic heterocycles. The third kappa shape index (κ3) is 3.42. The fraction of sp³-hybridized carbons (Fsp3) is 0.286. The van der Waals surface area contributed by atoms with Gasteiger partial charge < -0.3 is 14.6 Å². The average molecular weight is 259 g/mol. The first kappa shape index (κ1) is 13.3. The number of nitrogens with zero attached hydrogens (tertiary/aromatic N) is 2. The molecule has 0 saturated heterocycles. The zero-order chi connectivity index (χ0) is 13.7. The van der Waals surface area contributed by atoms with E-state index in [1.54, 1.807) is 12.5 Å². The minimum atomic E-state index is -0.117. The number of nitrogens with one attached hydrogen (secondary N) is 1. The minimum Gasteiger partial charge on any atom is -0.375 e. The molecule has 0 bridgehead atoms. The van der Waals surface area contributed by atoms with Gasteiger partial charge in [0.25, 0.3) is 0 Å². The Morgan fingerprint density at radius 2 is 2.16 bits per heavy atom. The number of ether oxygens (including phenoxy) is 1. The summed E-state index contributed by atoms with van der Waals surface area (Å²) in [6.45, 7) is 2.03. The van der Waals surface area contributed by atoms with Gasteiger partial charge in [0.15, 0.2) is 0 Å². The molecule has 0 fully saturated rings. The number of hydrogen-bond acceptors (Lipinski definition) is 3. The third-order valence-corrected chi connectivity index (χ3v) is 2.85. The number of aromatic nitrogens is 2. The van der Waals surface area contributed by atoms with Crippen LogP contribution in [0.1, 0.15) is 18.5 Å². The third-order valence-electron chi connectivity index (χ3n) is 2.85. The lowest BCUT2D eigenvalue weighted by Crippen LogP contribution is -2.29. The van der Waals surface area contributed by atoms with Crippen LogP contribution in [0.3, 0.4) is 0 Å². The Hall–Kier alpha value is -2.14. The van der Waals surface area contributed by atoms with Crippen molar-refractivity contribution in [3.8, 4) is 5.69 Å². The molecule has 1 heterocycles. The highest BCUT2D eigenvalue weighted by atomic mass is 16.5. The van der Waals surface area contributed by atoms with Gasteiger partial charge in [-0.15, -0.1) is 0 Å². The Bertz CT molecular complexity index is 520. The number of benzene rings is 1. The summed E-state index contributed by atoms with van der Waals surface area (Å²) in [5, 5.41) is 2.87. The molecule has 5 heteroatoms. The predicted octanol–water partition coefficient (Wildman–Crippen LogP) is 1.70. The van der Waals surface area contributed by atoms with E-state index in [2.05, 4.69) is 10.3 Å². The second kappa shape index (κ2) is 6.15. The molecule has 0 spiro atoms. The van der Waals surface area contributed by atoms with Crippen LogP contribution in [0.4, 0.5) is 0 Å². The van der Waals surface area contributed by atoms with Gasteiger partial charge in [0.1, 0.15) is 6.61 Å². The van der Waals surface area contributed by atoms with Crippen LogP contribution in [-0.4, -0.2) is 29.2 Å². The highest BCUT2D eigenvalue weighted by Gasteiger charge is 2.09. The van der Waals surface area contributed by atoms with Crippen LogP contribution in [0.2, 0.25) is 0 Å². The topological polar surface area (TPSA) is 56.1 Å². The van der Waals surface area contributed by atoms with Gasteiger partial charge in [-0.05, 0) is 24.6 Å². The Morgan fingerprint density at radius 3 is 2.74 bits per heavy atom. The van der Waals surface area contributed by atoms with Crippen LogP contribution in [0, 0.1) is 0 Å². The van der Waals surface area contributed by atoms with Crippen LogP contribution in [-0.2, 0) is 9.53 Å². The summed E-state index contributed by atoms with van der Waals surface area (Å²) in [6, 6.07) is 7.94. The number of hydrogen-bond donors (Lipinski definition) is 1. The van der Waals surface area contributed by atoms with E-state index in [0.717, 1.165) is 11.3 Å². The molecular formula is C14H17N3O2. The summed E-state index contributed by atoms with van der Waals surface area (Å²) in [6.07, 6.45) is 5.37. The van der Waals surface area contributed by atoms with E-state index < -0.39 is 0 Å². The quantitative estimate of drug-likeness (QED) is 0.889. The summed E-state index contributed by atoms with van der Waals surface area (Å²) in [5.41, 5.74) is 2.09. The molecule has 0 saturated carbocycles. The highest BCUT2D eigenvalue weighted by Crippen LogP contribution is 2.15. The summed E-state index contributed by atoms with van der Waals surface area (Å²) < 4.78 is 6.71. The van der Waals surface area contributed by atoms with Crippen molar-refractivity contribution in [3.63, 3.8) is 0 Å². The zero-order valence-corrected chi connectivity index (χ0v) is 11.0. The van der Waals surface area contributed by atoms with Crippen molar-refractivity contribution in [2.24, 2.45) is 0 Å². The maximum Gasteiger partial charge on any atom is 0.246 e. The van der Waals surface area contributed by atoms with Crippen LogP contribution >= 0.6 is 0 Å². The highest BCUT2D eigenvalue weighted by molar-refractivity contribution is 5.77. The number of carbonyl (C=O) groups is 1. The molecule has 0 unspecified atom stereocenters. The van der Waals surface area contributed by atoms with E-state index in [1.807, 2.05) is 42.0 Å². The van der Waals surface area contributed by atoms with Crippen molar-refractivity contribution in [1.82, 2.24) is 14.9 Å². The van der Waals surface area contributed by atoms with Crippen molar-refractivity contribution in [2.45, 2.75) is 13.0 Å². The van der Waals surface area contributed by atoms with Crippen molar-refractivity contribution >= 4 is 5.91 Å². The Kier molecular flexibility index (Phi) is 4.30. The maximum atomic E-state index is 11.4. The first-order chi connectivity index (χ1) is 9.20. The van der Waals surface area contributed by atoms with E-state index in [1.165, 1.54) is 7.11 Å². The van der Waals surface area contributed by atoms with Gasteiger partial charge in [-0.3, -0.25) is 4.79 Å². The number of amides is 1. The SMILES string of the molecule is COCC(=O)N[C@@H](C)c1ccc(-n2ccnc2)cc1. The Labute approximate surface area is 112 Å². The van der Waals surface area contributed by atoms with Crippen molar-refractivity contribution in [2.75, 3.05) is 13.7 Å². The van der Waals surface area contributed by atoms with Crippen LogP contribution in [0.25, 0.3) is 5.69 Å². The number of imidazole rings is 1. The lowest BCUT2D eigenvalue weighted by Gasteiger charge is -2.14. The Morgan fingerprint density at radius 1 is 1.42 bits per heavy atom. The van der Waals surface area contributed by atoms with Gasteiger partial charge in [-0.25, -0.2) is 4.98 Å². The number of methoxy groups -OCH3 is 1. The molecule has 1 N–H and O–H groups in total. The normalized spacial score (nSPS) is 12.1. The zero-order valence-electron chi connectivity index (χ0n) is 11.0. The summed E-state index contributed by atoms with van der Waals surface area (Å²) in [4.78, 5) is 15.4. The average Bonchev–Trinajstić information content (AvgIpc) is 2.93. The molecule has 0 radical (unpaired) electrons. The molecule has 5 nitrogen and oxygen atoms in total. The first-order valence-electron chi connectivity index (χ1n) is 6.07. The van der Waals surface area contributed by atoms with Crippen molar-refractivity contribution in [3.05, 3.63) is 48.5 Å². The monoisotopic (exact) mass is 259 g/mol. The van der Waals surface area contributed by atoms with Crippen LogP contribution in [0.15, 0.2) is 43.0 Å². The van der Waals surface area contributed by atoms with E-state index in [0.29, 0.717) is 0 Å². The molecule has 0 aliphatic heterocycles. The molecule has 100 valence electrons. The van der Waals surface area contributed by atoms with Gasteiger partial charge in [0, 0.05) is 25.2 Å². The van der Waals surface area contributed by atoms with Gasteiger partial charge in [0.05, 0.1) is 12.4 Å². The van der Waals surface area contributed by atoms with E-state index >= 15 is 0 Å². The van der Waals surface area contributed by atoms with Crippen LogP contribution in [0.5, 0.6) is 0 Å². The lowest BCUT2D eigenvalue weighted by molar-refractivity contribution is -0.125. The fourth-order valence-electron chi connectivity index (χ4n) is 1.84. The molecule has 2 aromatic rings. The smallest absolute Gasteiger partial charge is 0.246 e. The standard InChI is InChI=1S/C14H17N3O2/c1-11(16-14(18)9-19-2)12-3-5-13(6-4-12)17-8-7-15-10-17/h3-8,10-11H,9H2,1-2H3,(H,16,18)/t11-/m0/s1. The van der Waals surface area contributed by atoms with Crippen molar-refractivity contribution in [1.29, 1.82) is 0 Å². The summed E-state index contributed by atoms with van der Waals surface area (Å²) in [5.74, 6) is -0.117. The first-order valence-corrected chi connectivity index (χ1v) is 6.07. The molecule has 1 atom stereocenters. The van der Waals surface area contributed by atoms with Gasteiger partial charge in [-0.2, -0.15) is 0 Å². The largest absolute Gasteiger partial charge is 0.375 e. The van der Waals surface area contributed by atoms with Crippen LogP contribution < -0.4 is 5.32 Å². The summed E-state index contributed by atoms with van der Waals surface area (Å²) in [7, 11) is 1.50. The molecule has 19 heavy (non-hydrogen) atoms. The number of rotatable bonds is 5. The van der Waals surface area contributed by atoms with Gasteiger partial charge >= 0.3 is 0 Å². The second-order valence-corrected chi connectivity index (χ2v) is 4.28. The van der Waals surface area contributed by atoms with Gasteiger partial charge in [-0.1, -0.05) is 12.1 Å². The van der Waals surface area contributed by atoms with E-state index in [4.69, 9.17) is 4.74 Å². The second-order valence-electron chi connectivity index (χ2n) is 4.28. The van der Waals surface area contributed by atoms with Crippen molar-refractivity contribution < 1.29 is 9.53 Å². The summed E-state index contributed by atoms with van der Waals surface area (Å²) >= 11 is 0. The lowest BCUT2D eigenvalue weighted by atomic mass is 10.1. The molecule has 2 rings (SSSR count). The fourth-order valence-corrected chi connectivity index (χ4v) is 1.84.